The molecule has 6 aromatic rings. The molecule has 0 saturated heterocycles. The maximum atomic E-state index is 7.67. The van der Waals surface area contributed by atoms with Crippen LogP contribution in [0.25, 0.3) is 28.0 Å². The molecule has 1 aliphatic heterocycles. The number of hydrogen-bond acceptors (Lipinski definition) is 4. The normalized spacial score (nSPS) is 21.4. The lowest BCUT2D eigenvalue weighted by atomic mass is 9.55. The van der Waals surface area contributed by atoms with Crippen LogP contribution in [0.4, 0.5) is 0 Å². The third-order valence-electron chi connectivity index (χ3n) is 13.4. The van der Waals surface area contributed by atoms with Crippen molar-refractivity contribution in [1.29, 1.82) is 0 Å². The average Bonchev–Trinajstić information content (AvgIpc) is 3.56. The molecule has 1 saturated carbocycles. The van der Waals surface area contributed by atoms with Gasteiger partial charge in [0.2, 0.25) is 0 Å². The van der Waals surface area contributed by atoms with Gasteiger partial charge >= 0.3 is 0 Å². The van der Waals surface area contributed by atoms with E-state index in [0.717, 1.165) is 78.0 Å². The molecule has 0 aromatic heterocycles. The smallest absolute Gasteiger partial charge is 0.178 e. The Kier molecular flexibility index (Phi) is 8.21. The van der Waals surface area contributed by atoms with E-state index >= 15 is 0 Å². The van der Waals surface area contributed by atoms with Crippen LogP contribution in [0.1, 0.15) is 71.9 Å². The number of fused-ring (bicyclic) bond motifs is 10. The Labute approximate surface area is 329 Å². The number of hydrogen-bond donors (Lipinski definition) is 0. The molecule has 4 nitrogen and oxygen atoms in total. The SMILES string of the molecule is COc1ccc(C2(c3ccc(OC)cc3)C=Cc3c4c(c5ccc(OC)cc5c3O2)-c2ccccc2C42CCC(C3=CC=CCC3)(c3ccccc3)CC2)cc1. The summed E-state index contributed by atoms with van der Waals surface area (Å²) in [5.41, 5.74) is 10.6. The summed E-state index contributed by atoms with van der Waals surface area (Å²) in [5, 5.41) is 2.24. The van der Waals surface area contributed by atoms with Gasteiger partial charge in [0.1, 0.15) is 23.0 Å². The van der Waals surface area contributed by atoms with Crippen molar-refractivity contribution in [3.8, 4) is 34.1 Å². The van der Waals surface area contributed by atoms with Crippen LogP contribution in [0, 0.1) is 0 Å². The fourth-order valence-corrected chi connectivity index (χ4v) is 10.6. The zero-order valence-corrected chi connectivity index (χ0v) is 32.3. The minimum absolute atomic E-state index is 0.00344. The van der Waals surface area contributed by atoms with E-state index in [0.29, 0.717) is 0 Å². The molecule has 3 aliphatic carbocycles. The molecule has 1 fully saturated rings. The highest BCUT2D eigenvalue weighted by molar-refractivity contribution is 6.09. The van der Waals surface area contributed by atoms with Crippen molar-refractivity contribution in [3.63, 3.8) is 0 Å². The van der Waals surface area contributed by atoms with E-state index in [2.05, 4.69) is 127 Å². The van der Waals surface area contributed by atoms with Gasteiger partial charge in [-0.1, -0.05) is 109 Å². The molecule has 0 amide bonds. The molecule has 4 heteroatoms. The quantitative estimate of drug-likeness (QED) is 0.164. The van der Waals surface area contributed by atoms with Gasteiger partial charge in [-0.3, -0.25) is 0 Å². The molecule has 10 rings (SSSR count). The Bertz CT molecular complexity index is 2500. The first-order valence-corrected chi connectivity index (χ1v) is 19.9. The molecule has 0 radical (unpaired) electrons. The van der Waals surface area contributed by atoms with Crippen molar-refractivity contribution in [2.45, 2.75) is 55.0 Å². The summed E-state index contributed by atoms with van der Waals surface area (Å²) in [6, 6.07) is 43.6. The first-order valence-electron chi connectivity index (χ1n) is 19.9. The number of ether oxygens (including phenoxy) is 4. The van der Waals surface area contributed by atoms with E-state index in [1.807, 2.05) is 24.3 Å². The second-order valence-electron chi connectivity index (χ2n) is 15.8. The maximum Gasteiger partial charge on any atom is 0.178 e. The van der Waals surface area contributed by atoms with Crippen LogP contribution in [-0.2, 0) is 16.4 Å². The van der Waals surface area contributed by atoms with Crippen molar-refractivity contribution >= 4 is 16.8 Å². The molecule has 1 heterocycles. The van der Waals surface area contributed by atoms with Gasteiger partial charge in [-0.05, 0) is 120 Å². The van der Waals surface area contributed by atoms with E-state index in [-0.39, 0.29) is 10.8 Å². The van der Waals surface area contributed by atoms with Gasteiger partial charge in [-0.15, -0.1) is 0 Å². The van der Waals surface area contributed by atoms with Crippen LogP contribution in [0.3, 0.4) is 0 Å². The zero-order valence-electron chi connectivity index (χ0n) is 32.3. The molecule has 0 N–H and O–H groups in total. The lowest BCUT2D eigenvalue weighted by Gasteiger charge is -2.49. The minimum Gasteiger partial charge on any atom is -0.497 e. The average molecular weight is 735 g/mol. The fraction of sp³-hybridized carbons (Fsp3) is 0.231. The van der Waals surface area contributed by atoms with Crippen molar-refractivity contribution < 1.29 is 18.9 Å². The summed E-state index contributed by atoms with van der Waals surface area (Å²) in [7, 11) is 5.14. The Morgan fingerprint density at radius 1 is 0.589 bits per heavy atom. The highest BCUT2D eigenvalue weighted by Crippen LogP contribution is 2.65. The van der Waals surface area contributed by atoms with Crippen LogP contribution >= 0.6 is 0 Å². The molecule has 278 valence electrons. The predicted molar refractivity (Wildman–Crippen MR) is 226 cm³/mol. The lowest BCUT2D eigenvalue weighted by molar-refractivity contribution is 0.162. The Morgan fingerprint density at radius 2 is 1.21 bits per heavy atom. The van der Waals surface area contributed by atoms with Gasteiger partial charge < -0.3 is 18.9 Å². The van der Waals surface area contributed by atoms with Gasteiger partial charge in [-0.2, -0.15) is 0 Å². The summed E-state index contributed by atoms with van der Waals surface area (Å²) in [5.74, 6) is 3.29. The number of allylic oxidation sites excluding steroid dienone is 4. The Morgan fingerprint density at radius 3 is 1.86 bits per heavy atom. The summed E-state index contributed by atoms with van der Waals surface area (Å²) >= 11 is 0. The standard InChI is InChI=1S/C52H46O4/c1-53-39-22-18-37(19-23-39)52(38-20-24-40(54-2)25-21-38)29-28-44-48-47(42-27-26-41(55-3)34-45(42)49(44)56-52)43-16-10-11-17-46(43)51(48)32-30-50(31-33-51,35-12-6-4-7-13-35)36-14-8-5-9-15-36/h4-8,10-14,16-29,34H,9,15,30-33H2,1-3H3. The summed E-state index contributed by atoms with van der Waals surface area (Å²) in [6.45, 7) is 0. The van der Waals surface area contributed by atoms with Crippen molar-refractivity contribution in [2.24, 2.45) is 0 Å². The van der Waals surface area contributed by atoms with Gasteiger partial charge in [0.05, 0.1) is 21.3 Å². The van der Waals surface area contributed by atoms with Crippen molar-refractivity contribution in [3.05, 3.63) is 185 Å². The van der Waals surface area contributed by atoms with E-state index in [4.69, 9.17) is 18.9 Å². The molecule has 56 heavy (non-hydrogen) atoms. The molecule has 0 atom stereocenters. The summed E-state index contributed by atoms with van der Waals surface area (Å²) in [4.78, 5) is 0. The maximum absolute atomic E-state index is 7.67. The summed E-state index contributed by atoms with van der Waals surface area (Å²) < 4.78 is 24.8. The largest absolute Gasteiger partial charge is 0.497 e. The van der Waals surface area contributed by atoms with Crippen LogP contribution < -0.4 is 18.9 Å². The van der Waals surface area contributed by atoms with Gasteiger partial charge in [0, 0.05) is 32.9 Å². The lowest BCUT2D eigenvalue weighted by Crippen LogP contribution is -2.41. The van der Waals surface area contributed by atoms with Crippen LogP contribution in [0.5, 0.6) is 23.0 Å². The number of rotatable bonds is 7. The number of benzene rings is 6. The minimum atomic E-state index is -0.912. The van der Waals surface area contributed by atoms with Crippen LogP contribution in [0.2, 0.25) is 0 Å². The van der Waals surface area contributed by atoms with Gasteiger partial charge in [0.25, 0.3) is 0 Å². The molecule has 0 bridgehead atoms. The monoisotopic (exact) mass is 734 g/mol. The molecular formula is C52H46O4. The third kappa shape index (κ3) is 5.04. The Hall–Kier alpha value is -6.00. The topological polar surface area (TPSA) is 36.9 Å². The zero-order chi connectivity index (χ0) is 37.9. The molecular weight excluding hydrogens is 689 g/mol. The molecule has 0 unspecified atom stereocenters. The highest BCUT2D eigenvalue weighted by Gasteiger charge is 2.53. The Balaban J connectivity index is 1.21. The molecule has 1 spiro atoms. The van der Waals surface area contributed by atoms with Crippen molar-refractivity contribution in [1.82, 2.24) is 0 Å². The summed E-state index contributed by atoms with van der Waals surface area (Å²) in [6.07, 6.45) is 18.1. The highest BCUT2D eigenvalue weighted by atomic mass is 16.5. The first kappa shape index (κ1) is 34.5. The first-order chi connectivity index (χ1) is 27.5. The van der Waals surface area contributed by atoms with E-state index in [1.54, 1.807) is 26.9 Å². The second kappa shape index (κ2) is 13.3. The van der Waals surface area contributed by atoms with Gasteiger partial charge in [0.15, 0.2) is 5.60 Å². The second-order valence-corrected chi connectivity index (χ2v) is 15.8. The van der Waals surface area contributed by atoms with Crippen LogP contribution in [-0.4, -0.2) is 21.3 Å². The third-order valence-corrected chi connectivity index (χ3v) is 13.4. The number of methoxy groups -OCH3 is 3. The molecule has 6 aromatic carbocycles. The molecule has 4 aliphatic rings. The van der Waals surface area contributed by atoms with Gasteiger partial charge in [-0.25, -0.2) is 0 Å². The fourth-order valence-electron chi connectivity index (χ4n) is 10.6. The van der Waals surface area contributed by atoms with E-state index < -0.39 is 5.60 Å². The van der Waals surface area contributed by atoms with E-state index in [9.17, 15) is 0 Å². The van der Waals surface area contributed by atoms with Crippen molar-refractivity contribution in [2.75, 3.05) is 21.3 Å². The van der Waals surface area contributed by atoms with Crippen LogP contribution in [0.15, 0.2) is 151 Å². The predicted octanol–water partition coefficient (Wildman–Crippen LogP) is 12.3. The van der Waals surface area contributed by atoms with E-state index in [1.165, 1.54) is 38.8 Å².